The van der Waals surface area contributed by atoms with Gasteiger partial charge in [0.25, 0.3) is 0 Å². The number of halogens is 1. The zero-order valence-corrected chi connectivity index (χ0v) is 18.5. The second kappa shape index (κ2) is 8.96. The van der Waals surface area contributed by atoms with Gasteiger partial charge in [-0.25, -0.2) is 9.59 Å². The van der Waals surface area contributed by atoms with E-state index in [1.54, 1.807) is 37.3 Å². The summed E-state index contributed by atoms with van der Waals surface area (Å²) in [6, 6.07) is 14.2. The quantitative estimate of drug-likeness (QED) is 0.512. The van der Waals surface area contributed by atoms with Crippen molar-refractivity contribution >= 4 is 17.6 Å². The molecule has 1 aromatic heterocycles. The standard InChI is InChI=1S/C24H21ClO7/c1-13-10-19-21(23(26)31-13)20(22(32-19)24(27)29-3)14-8-9-17(18(11-14)28-2)30-12-15-6-4-5-7-16(15)25/h4-11,20,22H,12H2,1-3H3/t20-,22-/m0/s1. The summed E-state index contributed by atoms with van der Waals surface area (Å²) in [7, 11) is 2.78. The van der Waals surface area contributed by atoms with E-state index in [9.17, 15) is 9.59 Å². The van der Waals surface area contributed by atoms with E-state index in [2.05, 4.69) is 0 Å². The van der Waals surface area contributed by atoms with Crippen molar-refractivity contribution < 1.29 is 28.2 Å². The molecule has 0 bridgehead atoms. The van der Waals surface area contributed by atoms with Crippen LogP contribution in [0.25, 0.3) is 0 Å². The van der Waals surface area contributed by atoms with Gasteiger partial charge in [-0.15, -0.1) is 0 Å². The third-order valence-corrected chi connectivity index (χ3v) is 5.63. The number of rotatable bonds is 6. The molecule has 2 aromatic carbocycles. The minimum Gasteiger partial charge on any atom is -0.493 e. The molecule has 0 spiro atoms. The predicted molar refractivity (Wildman–Crippen MR) is 117 cm³/mol. The molecular formula is C24H21ClO7. The fourth-order valence-corrected chi connectivity index (χ4v) is 3.93. The van der Waals surface area contributed by atoms with Gasteiger partial charge in [-0.3, -0.25) is 0 Å². The minimum absolute atomic E-state index is 0.248. The van der Waals surface area contributed by atoms with Crippen LogP contribution in [0.3, 0.4) is 0 Å². The van der Waals surface area contributed by atoms with Gasteiger partial charge in [-0.05, 0) is 30.7 Å². The maximum atomic E-state index is 12.6. The summed E-state index contributed by atoms with van der Waals surface area (Å²) in [5.74, 6) is 0.294. The summed E-state index contributed by atoms with van der Waals surface area (Å²) in [6.45, 7) is 1.89. The first kappa shape index (κ1) is 21.8. The van der Waals surface area contributed by atoms with Crippen LogP contribution in [0.5, 0.6) is 17.2 Å². The SMILES string of the molecule is COC(=O)[C@H]1Oc2cc(C)oc(=O)c2[C@@H]1c1ccc(OCc2ccccc2Cl)c(OC)c1. The molecule has 166 valence electrons. The fourth-order valence-electron chi connectivity index (χ4n) is 3.74. The number of methoxy groups -OCH3 is 2. The average Bonchev–Trinajstić information content (AvgIpc) is 3.17. The maximum Gasteiger partial charge on any atom is 0.348 e. The summed E-state index contributed by atoms with van der Waals surface area (Å²) in [4.78, 5) is 25.0. The molecule has 1 aliphatic heterocycles. The van der Waals surface area contributed by atoms with E-state index in [1.165, 1.54) is 14.2 Å². The lowest BCUT2D eigenvalue weighted by molar-refractivity contribution is -0.148. The van der Waals surface area contributed by atoms with Gasteiger partial charge in [0.1, 0.15) is 18.1 Å². The summed E-state index contributed by atoms with van der Waals surface area (Å²) in [6.07, 6.45) is -1.03. The molecule has 4 rings (SSSR count). The number of carbonyl (C=O) groups is 1. The van der Waals surface area contributed by atoms with Gasteiger partial charge in [0.15, 0.2) is 11.5 Å². The third kappa shape index (κ3) is 4.03. The summed E-state index contributed by atoms with van der Waals surface area (Å²) >= 11 is 6.20. The molecule has 0 radical (unpaired) electrons. The number of hydrogen-bond acceptors (Lipinski definition) is 7. The number of aryl methyl sites for hydroxylation is 1. The van der Waals surface area contributed by atoms with E-state index in [1.807, 2.05) is 18.2 Å². The molecule has 0 saturated heterocycles. The van der Waals surface area contributed by atoms with Gasteiger partial charge >= 0.3 is 11.6 Å². The number of carbonyl (C=O) groups excluding carboxylic acids is 1. The number of fused-ring (bicyclic) bond motifs is 1. The highest BCUT2D eigenvalue weighted by Gasteiger charge is 2.44. The fraction of sp³-hybridized carbons (Fsp3) is 0.250. The third-order valence-electron chi connectivity index (χ3n) is 5.26. The van der Waals surface area contributed by atoms with Crippen molar-refractivity contribution in [2.24, 2.45) is 0 Å². The lowest BCUT2D eigenvalue weighted by Gasteiger charge is -2.19. The zero-order chi connectivity index (χ0) is 22.8. The van der Waals surface area contributed by atoms with Crippen molar-refractivity contribution in [1.29, 1.82) is 0 Å². The van der Waals surface area contributed by atoms with Crippen LogP contribution in [-0.4, -0.2) is 26.3 Å². The number of benzene rings is 2. The molecule has 1 aliphatic rings. The Morgan fingerprint density at radius 1 is 1.09 bits per heavy atom. The summed E-state index contributed by atoms with van der Waals surface area (Å²) < 4.78 is 27.4. The van der Waals surface area contributed by atoms with E-state index in [0.717, 1.165) is 5.56 Å². The normalized spacial score (nSPS) is 16.8. The van der Waals surface area contributed by atoms with E-state index >= 15 is 0 Å². The van der Waals surface area contributed by atoms with Crippen LogP contribution < -0.4 is 19.8 Å². The number of ether oxygens (including phenoxy) is 4. The Morgan fingerprint density at radius 2 is 1.88 bits per heavy atom. The zero-order valence-electron chi connectivity index (χ0n) is 17.7. The molecule has 3 aromatic rings. The van der Waals surface area contributed by atoms with Gasteiger partial charge in [0.2, 0.25) is 6.10 Å². The molecule has 0 unspecified atom stereocenters. The highest BCUT2D eigenvalue weighted by Crippen LogP contribution is 2.43. The van der Waals surface area contributed by atoms with E-state index < -0.39 is 23.6 Å². The molecule has 2 heterocycles. The molecule has 0 N–H and O–H groups in total. The Bertz CT molecular complexity index is 1220. The van der Waals surface area contributed by atoms with Gasteiger partial charge in [-0.2, -0.15) is 0 Å². The molecular weight excluding hydrogens is 436 g/mol. The Kier molecular flexibility index (Phi) is 6.10. The van der Waals surface area contributed by atoms with Crippen molar-refractivity contribution in [2.45, 2.75) is 25.6 Å². The van der Waals surface area contributed by atoms with Crippen LogP contribution in [0.15, 0.2) is 57.7 Å². The smallest absolute Gasteiger partial charge is 0.348 e. The lowest BCUT2D eigenvalue weighted by atomic mass is 9.88. The van der Waals surface area contributed by atoms with Crippen molar-refractivity contribution in [3.05, 3.63) is 86.4 Å². The maximum absolute atomic E-state index is 12.6. The first-order valence-electron chi connectivity index (χ1n) is 9.86. The highest BCUT2D eigenvalue weighted by molar-refractivity contribution is 6.31. The van der Waals surface area contributed by atoms with Crippen molar-refractivity contribution in [1.82, 2.24) is 0 Å². The number of hydrogen-bond donors (Lipinski definition) is 0. The molecule has 2 atom stereocenters. The predicted octanol–water partition coefficient (Wildman–Crippen LogP) is 4.26. The monoisotopic (exact) mass is 456 g/mol. The van der Waals surface area contributed by atoms with Crippen molar-refractivity contribution in [3.8, 4) is 17.2 Å². The van der Waals surface area contributed by atoms with Gasteiger partial charge in [0, 0.05) is 16.7 Å². The Labute approximate surface area is 189 Å². The van der Waals surface area contributed by atoms with Crippen LogP contribution in [0, 0.1) is 6.92 Å². The van der Waals surface area contributed by atoms with Gasteiger partial charge in [0.05, 0.1) is 25.7 Å². The largest absolute Gasteiger partial charge is 0.493 e. The molecule has 0 amide bonds. The minimum atomic E-state index is -1.03. The molecule has 0 aliphatic carbocycles. The Hall–Kier alpha value is -3.45. The molecule has 0 fully saturated rings. The van der Waals surface area contributed by atoms with E-state index in [4.69, 9.17) is 35.0 Å². The molecule has 8 heteroatoms. The van der Waals surface area contributed by atoms with Crippen LogP contribution in [0.4, 0.5) is 0 Å². The van der Waals surface area contributed by atoms with E-state index in [-0.39, 0.29) is 12.2 Å². The van der Waals surface area contributed by atoms with Crippen LogP contribution in [0.1, 0.15) is 28.4 Å². The number of esters is 1. The summed E-state index contributed by atoms with van der Waals surface area (Å²) in [5, 5.41) is 0.603. The van der Waals surface area contributed by atoms with Crippen LogP contribution in [0.2, 0.25) is 5.02 Å². The topological polar surface area (TPSA) is 84.2 Å². The summed E-state index contributed by atoms with van der Waals surface area (Å²) in [5.41, 5.74) is 1.15. The van der Waals surface area contributed by atoms with Gasteiger partial charge in [-0.1, -0.05) is 35.9 Å². The van der Waals surface area contributed by atoms with Crippen LogP contribution >= 0.6 is 11.6 Å². The Morgan fingerprint density at radius 3 is 2.59 bits per heavy atom. The second-order valence-electron chi connectivity index (χ2n) is 7.25. The Balaban J connectivity index is 1.70. The molecule has 7 nitrogen and oxygen atoms in total. The first-order chi connectivity index (χ1) is 15.4. The van der Waals surface area contributed by atoms with Crippen molar-refractivity contribution in [3.63, 3.8) is 0 Å². The molecule has 0 saturated carbocycles. The highest BCUT2D eigenvalue weighted by atomic mass is 35.5. The molecule has 32 heavy (non-hydrogen) atoms. The van der Waals surface area contributed by atoms with E-state index in [0.29, 0.717) is 33.6 Å². The first-order valence-corrected chi connectivity index (χ1v) is 10.2. The van der Waals surface area contributed by atoms with Crippen molar-refractivity contribution in [2.75, 3.05) is 14.2 Å². The van der Waals surface area contributed by atoms with Gasteiger partial charge < -0.3 is 23.4 Å². The van der Waals surface area contributed by atoms with Crippen LogP contribution in [-0.2, 0) is 16.1 Å². The second-order valence-corrected chi connectivity index (χ2v) is 7.66. The lowest BCUT2D eigenvalue weighted by Crippen LogP contribution is -2.31. The average molecular weight is 457 g/mol.